The normalized spacial score (nSPS) is 26.8. The van der Waals surface area contributed by atoms with Crippen molar-refractivity contribution >= 4 is 5.91 Å². The molecule has 0 spiro atoms. The third-order valence-corrected chi connectivity index (χ3v) is 4.78. The highest BCUT2D eigenvalue weighted by molar-refractivity contribution is 5.76. The lowest BCUT2D eigenvalue weighted by molar-refractivity contribution is -0.132. The molecule has 108 valence electrons. The molecule has 2 heterocycles. The zero-order chi connectivity index (χ0) is 13.5. The number of rotatable bonds is 4. The summed E-state index contributed by atoms with van der Waals surface area (Å²) in [7, 11) is 0. The highest BCUT2D eigenvalue weighted by Crippen LogP contribution is 2.38. The number of carbonyl (C=O) groups is 1. The van der Waals surface area contributed by atoms with Crippen molar-refractivity contribution in [2.75, 3.05) is 13.1 Å². The minimum atomic E-state index is 0.329. The van der Waals surface area contributed by atoms with Gasteiger partial charge in [-0.2, -0.15) is 5.10 Å². The summed E-state index contributed by atoms with van der Waals surface area (Å²) in [6.45, 7) is 1.73. The van der Waals surface area contributed by atoms with Gasteiger partial charge in [0, 0.05) is 31.3 Å². The predicted octanol–water partition coefficient (Wildman–Crippen LogP) is 2.19. The van der Waals surface area contributed by atoms with E-state index in [0.29, 0.717) is 23.7 Å². The second kappa shape index (κ2) is 4.86. The zero-order valence-corrected chi connectivity index (χ0v) is 11.8. The first-order chi connectivity index (χ1) is 9.79. The van der Waals surface area contributed by atoms with Gasteiger partial charge in [0.05, 0.1) is 0 Å². The summed E-state index contributed by atoms with van der Waals surface area (Å²) in [5, 5.41) is 7.48. The van der Waals surface area contributed by atoms with Crippen LogP contribution in [0.3, 0.4) is 0 Å². The van der Waals surface area contributed by atoms with E-state index < -0.39 is 0 Å². The van der Waals surface area contributed by atoms with Gasteiger partial charge >= 0.3 is 0 Å². The number of nitrogens with one attached hydrogen (secondary N) is 1. The molecule has 3 aliphatic rings. The maximum atomic E-state index is 12.2. The van der Waals surface area contributed by atoms with Crippen LogP contribution >= 0.6 is 0 Å². The molecule has 20 heavy (non-hydrogen) atoms. The summed E-state index contributed by atoms with van der Waals surface area (Å²) in [5.74, 6) is 3.95. The number of hydrogen-bond acceptors (Lipinski definition) is 3. The van der Waals surface area contributed by atoms with Crippen LogP contribution in [0.5, 0.6) is 0 Å². The highest BCUT2D eigenvalue weighted by Gasteiger charge is 2.32. The van der Waals surface area contributed by atoms with Gasteiger partial charge in [-0.15, -0.1) is 0 Å². The first-order valence-electron chi connectivity index (χ1n) is 7.99. The van der Waals surface area contributed by atoms with Crippen molar-refractivity contribution in [1.29, 1.82) is 0 Å². The smallest absolute Gasteiger partial charge is 0.222 e. The molecular formula is C15H22N4O. The van der Waals surface area contributed by atoms with E-state index in [-0.39, 0.29) is 0 Å². The lowest BCUT2D eigenvalue weighted by Gasteiger charge is -2.31. The molecule has 1 unspecified atom stereocenters. The number of piperidine rings is 1. The number of likely N-dealkylation sites (tertiary alicyclic amines) is 1. The van der Waals surface area contributed by atoms with Gasteiger partial charge in [-0.3, -0.25) is 9.89 Å². The topological polar surface area (TPSA) is 61.9 Å². The second-order valence-corrected chi connectivity index (χ2v) is 6.68. The number of carbonyl (C=O) groups excluding carboxylic acids is 1. The Kier molecular flexibility index (Phi) is 3.00. The van der Waals surface area contributed by atoms with Crippen LogP contribution in [0.4, 0.5) is 0 Å². The summed E-state index contributed by atoms with van der Waals surface area (Å²) < 4.78 is 0. The van der Waals surface area contributed by atoms with Crippen molar-refractivity contribution in [1.82, 2.24) is 20.1 Å². The number of aromatic amines is 1. The largest absolute Gasteiger partial charge is 0.342 e. The molecule has 0 bridgehead atoms. The molecular weight excluding hydrogens is 252 g/mol. The van der Waals surface area contributed by atoms with Crippen LogP contribution in [0, 0.1) is 5.92 Å². The lowest BCUT2D eigenvalue weighted by atomic mass is 9.97. The Balaban J connectivity index is 1.40. The van der Waals surface area contributed by atoms with Crippen LogP contribution in [0.2, 0.25) is 0 Å². The molecule has 0 aromatic carbocycles. The fourth-order valence-corrected chi connectivity index (χ4v) is 3.12. The molecule has 2 saturated carbocycles. The monoisotopic (exact) mass is 274 g/mol. The molecule has 4 rings (SSSR count). The first kappa shape index (κ1) is 12.4. The Hall–Kier alpha value is -1.39. The fraction of sp³-hybridized carbons (Fsp3) is 0.800. The van der Waals surface area contributed by atoms with Crippen LogP contribution in [0.25, 0.3) is 0 Å². The van der Waals surface area contributed by atoms with Crippen LogP contribution in [-0.4, -0.2) is 39.1 Å². The Bertz CT molecular complexity index is 504. The summed E-state index contributed by atoms with van der Waals surface area (Å²) in [4.78, 5) is 18.9. The number of nitrogens with zero attached hydrogens (tertiary/aromatic N) is 3. The van der Waals surface area contributed by atoms with Gasteiger partial charge in [0.25, 0.3) is 0 Å². The SMILES string of the molecule is O=C(CC1CC1)N1CCCC(c2n[nH]c(C3CC3)n2)C1. The number of amides is 1. The van der Waals surface area contributed by atoms with Crippen LogP contribution in [0.15, 0.2) is 0 Å². The molecule has 5 nitrogen and oxygen atoms in total. The quantitative estimate of drug-likeness (QED) is 0.915. The summed E-state index contributed by atoms with van der Waals surface area (Å²) in [5.41, 5.74) is 0. The Labute approximate surface area is 119 Å². The van der Waals surface area contributed by atoms with Crippen molar-refractivity contribution in [3.8, 4) is 0 Å². The molecule has 0 radical (unpaired) electrons. The first-order valence-corrected chi connectivity index (χ1v) is 7.99. The predicted molar refractivity (Wildman–Crippen MR) is 74.3 cm³/mol. The van der Waals surface area contributed by atoms with E-state index >= 15 is 0 Å². The summed E-state index contributed by atoms with van der Waals surface area (Å²) >= 11 is 0. The fourth-order valence-electron chi connectivity index (χ4n) is 3.12. The Morgan fingerprint density at radius 3 is 2.80 bits per heavy atom. The van der Waals surface area contributed by atoms with E-state index in [9.17, 15) is 4.79 Å². The molecule has 2 aliphatic carbocycles. The average molecular weight is 274 g/mol. The number of H-pyrrole nitrogens is 1. The third-order valence-electron chi connectivity index (χ3n) is 4.78. The van der Waals surface area contributed by atoms with Gasteiger partial charge in [0.15, 0.2) is 5.82 Å². The third kappa shape index (κ3) is 2.58. The van der Waals surface area contributed by atoms with E-state index in [1.807, 2.05) is 4.90 Å². The van der Waals surface area contributed by atoms with Crippen molar-refractivity contribution in [3.05, 3.63) is 11.6 Å². The van der Waals surface area contributed by atoms with Gasteiger partial charge in [-0.1, -0.05) is 0 Å². The maximum absolute atomic E-state index is 12.2. The standard InChI is InChI=1S/C15H22N4O/c20-13(8-10-3-4-10)19-7-1-2-12(9-19)15-16-14(17-18-15)11-5-6-11/h10-12H,1-9H2,(H,16,17,18). The van der Waals surface area contributed by atoms with Gasteiger partial charge in [0.2, 0.25) is 5.91 Å². The van der Waals surface area contributed by atoms with Crippen molar-refractivity contribution in [2.24, 2.45) is 5.92 Å². The van der Waals surface area contributed by atoms with Crippen molar-refractivity contribution in [3.63, 3.8) is 0 Å². The number of hydrogen-bond donors (Lipinski definition) is 1. The van der Waals surface area contributed by atoms with Crippen molar-refractivity contribution < 1.29 is 4.79 Å². The van der Waals surface area contributed by atoms with Crippen molar-refractivity contribution in [2.45, 2.75) is 56.8 Å². The van der Waals surface area contributed by atoms with Gasteiger partial charge in [-0.05, 0) is 44.4 Å². The second-order valence-electron chi connectivity index (χ2n) is 6.68. The van der Waals surface area contributed by atoms with Gasteiger partial charge in [0.1, 0.15) is 5.82 Å². The Morgan fingerprint density at radius 1 is 1.20 bits per heavy atom. The molecule has 5 heteroatoms. The van der Waals surface area contributed by atoms with Gasteiger partial charge < -0.3 is 4.90 Å². The minimum Gasteiger partial charge on any atom is -0.342 e. The molecule has 1 aromatic heterocycles. The maximum Gasteiger partial charge on any atom is 0.222 e. The zero-order valence-electron chi connectivity index (χ0n) is 11.8. The molecule has 1 aromatic rings. The van der Waals surface area contributed by atoms with E-state index in [1.165, 1.54) is 25.7 Å². The molecule has 1 saturated heterocycles. The molecule has 1 amide bonds. The summed E-state index contributed by atoms with van der Waals surface area (Å²) in [6.07, 6.45) is 7.91. The molecule has 1 atom stereocenters. The van der Waals surface area contributed by atoms with E-state index in [4.69, 9.17) is 0 Å². The van der Waals surface area contributed by atoms with E-state index in [1.54, 1.807) is 0 Å². The van der Waals surface area contributed by atoms with Gasteiger partial charge in [-0.25, -0.2) is 4.98 Å². The van der Waals surface area contributed by atoms with Crippen LogP contribution in [-0.2, 0) is 4.79 Å². The van der Waals surface area contributed by atoms with Crippen LogP contribution in [0.1, 0.15) is 68.4 Å². The molecule has 1 N–H and O–H groups in total. The highest BCUT2D eigenvalue weighted by atomic mass is 16.2. The Morgan fingerprint density at radius 2 is 2.05 bits per heavy atom. The molecule has 1 aliphatic heterocycles. The average Bonchev–Trinajstić information content (AvgIpc) is 3.40. The van der Waals surface area contributed by atoms with Crippen LogP contribution < -0.4 is 0 Å². The summed E-state index contributed by atoms with van der Waals surface area (Å²) in [6, 6.07) is 0. The lowest BCUT2D eigenvalue weighted by Crippen LogP contribution is -2.39. The molecule has 3 fully saturated rings. The number of aromatic nitrogens is 3. The van der Waals surface area contributed by atoms with E-state index in [0.717, 1.165) is 44.0 Å². The van der Waals surface area contributed by atoms with E-state index in [2.05, 4.69) is 15.2 Å². The minimum absolute atomic E-state index is 0.329.